The summed E-state index contributed by atoms with van der Waals surface area (Å²) in [7, 11) is 1.89. The molecule has 1 aliphatic heterocycles. The van der Waals surface area contributed by atoms with E-state index in [1.807, 2.05) is 11.9 Å². The number of pyridine rings is 1. The van der Waals surface area contributed by atoms with Crippen LogP contribution in [0.2, 0.25) is 0 Å². The lowest BCUT2D eigenvalue weighted by molar-refractivity contribution is -0.107. The molecule has 192 valence electrons. The van der Waals surface area contributed by atoms with E-state index < -0.39 is 18.1 Å². The first-order chi connectivity index (χ1) is 17.4. The number of rotatable bonds is 10. The Kier molecular flexibility index (Phi) is 8.54. The van der Waals surface area contributed by atoms with E-state index >= 15 is 0 Å². The number of ether oxygens (including phenoxy) is 1. The quantitative estimate of drug-likeness (QED) is 0.340. The van der Waals surface area contributed by atoms with E-state index in [4.69, 9.17) is 9.15 Å². The fraction of sp³-hybridized carbons (Fsp3) is 0.391. The Bertz CT molecular complexity index is 1170. The van der Waals surface area contributed by atoms with E-state index in [1.165, 1.54) is 17.2 Å². The molecule has 0 N–H and O–H groups in total. The molecule has 13 heteroatoms. The highest BCUT2D eigenvalue weighted by molar-refractivity contribution is 9.10. The molecule has 0 radical (unpaired) electrons. The second-order valence-corrected chi connectivity index (χ2v) is 9.00. The number of alkyl halides is 2. The summed E-state index contributed by atoms with van der Waals surface area (Å²) in [5.74, 6) is -1.36. The van der Waals surface area contributed by atoms with E-state index in [0.29, 0.717) is 48.8 Å². The molecule has 0 saturated carbocycles. The van der Waals surface area contributed by atoms with Crippen molar-refractivity contribution in [3.8, 4) is 11.5 Å². The Morgan fingerprint density at radius 2 is 1.97 bits per heavy atom. The summed E-state index contributed by atoms with van der Waals surface area (Å²) >= 11 is 3.24. The third-order valence-corrected chi connectivity index (χ3v) is 6.36. The van der Waals surface area contributed by atoms with Gasteiger partial charge in [0.05, 0.1) is 46.9 Å². The first-order valence-corrected chi connectivity index (χ1v) is 11.9. The molecule has 0 unspecified atom stereocenters. The number of nitrogens with zero attached hydrogens (tertiary/aromatic N) is 6. The van der Waals surface area contributed by atoms with Crippen molar-refractivity contribution in [2.24, 2.45) is 0 Å². The normalized spacial score (nSPS) is 14.3. The largest absolute Gasteiger partial charge is 0.415 e. The minimum absolute atomic E-state index is 0.0568. The second-order valence-electron chi connectivity index (χ2n) is 8.15. The van der Waals surface area contributed by atoms with Crippen LogP contribution >= 0.6 is 15.9 Å². The van der Waals surface area contributed by atoms with Crippen molar-refractivity contribution in [1.29, 1.82) is 0 Å². The number of hydrogen-bond donors (Lipinski definition) is 0. The van der Waals surface area contributed by atoms with Crippen molar-refractivity contribution in [2.45, 2.75) is 13.0 Å². The maximum atomic E-state index is 14.5. The number of carbonyl (C=O) groups excluding carboxylic acids is 1. The molecular formula is C23H24BrF3N6O3. The van der Waals surface area contributed by atoms with Crippen molar-refractivity contribution in [2.75, 3.05) is 56.2 Å². The highest BCUT2D eigenvalue weighted by atomic mass is 79.9. The Morgan fingerprint density at radius 3 is 2.61 bits per heavy atom. The van der Waals surface area contributed by atoms with Gasteiger partial charge in [0.25, 0.3) is 5.89 Å². The molecule has 1 amide bonds. The van der Waals surface area contributed by atoms with Gasteiger partial charge in [-0.2, -0.15) is 8.78 Å². The molecule has 0 bridgehead atoms. The molecular weight excluding hydrogens is 545 g/mol. The lowest BCUT2D eigenvalue weighted by atomic mass is 10.2. The summed E-state index contributed by atoms with van der Waals surface area (Å²) in [5, 5.41) is 6.90. The monoisotopic (exact) mass is 568 g/mol. The van der Waals surface area contributed by atoms with E-state index in [2.05, 4.69) is 36.0 Å². The van der Waals surface area contributed by atoms with Crippen LogP contribution in [0.25, 0.3) is 11.5 Å². The topological polar surface area (TPSA) is 87.8 Å². The van der Waals surface area contributed by atoms with Gasteiger partial charge in [-0.25, -0.2) is 4.39 Å². The van der Waals surface area contributed by atoms with Gasteiger partial charge < -0.3 is 19.0 Å². The molecule has 3 heterocycles. The van der Waals surface area contributed by atoms with Gasteiger partial charge in [0.1, 0.15) is 5.82 Å². The van der Waals surface area contributed by atoms with Gasteiger partial charge in [0.2, 0.25) is 12.3 Å². The minimum Gasteiger partial charge on any atom is -0.415 e. The first-order valence-electron chi connectivity index (χ1n) is 11.1. The Hall–Kier alpha value is -3.03. The van der Waals surface area contributed by atoms with Crippen molar-refractivity contribution in [3.05, 3.63) is 52.3 Å². The Balaban J connectivity index is 1.51. The Morgan fingerprint density at radius 1 is 1.19 bits per heavy atom. The lowest BCUT2D eigenvalue weighted by Gasteiger charge is -2.31. The molecule has 2 aromatic heterocycles. The smallest absolute Gasteiger partial charge is 0.314 e. The SMILES string of the molecule is CN(CCN1CCOCC1)c1cc(Br)c(F)cc1N(C=O)Cc1ccc(-c2nnc(C(F)F)o2)cn1. The molecule has 3 aromatic rings. The third kappa shape index (κ3) is 6.20. The number of likely N-dealkylation sites (N-methyl/N-ethyl adjacent to an activating group) is 1. The number of morpholine rings is 1. The van der Waals surface area contributed by atoms with E-state index in [9.17, 15) is 18.0 Å². The molecule has 0 aliphatic carbocycles. The summed E-state index contributed by atoms with van der Waals surface area (Å²) < 4.78 is 50.5. The standard InChI is InChI=1S/C23H24BrF3N6O3/c1-31(4-5-32-6-8-35-9-7-32)19-10-17(24)18(25)11-20(19)33(14-34)13-16-3-2-15(12-28-16)22-29-30-23(36-22)21(26)27/h2-3,10-12,14,21H,4-9,13H2,1H3. The average Bonchev–Trinajstić information content (AvgIpc) is 3.39. The van der Waals surface area contributed by atoms with Crippen LogP contribution in [-0.4, -0.2) is 72.9 Å². The van der Waals surface area contributed by atoms with Crippen LogP contribution in [-0.2, 0) is 16.1 Å². The number of benzene rings is 1. The fourth-order valence-electron chi connectivity index (χ4n) is 3.74. The van der Waals surface area contributed by atoms with Gasteiger partial charge in [-0.15, -0.1) is 10.2 Å². The molecule has 36 heavy (non-hydrogen) atoms. The van der Waals surface area contributed by atoms with Crippen molar-refractivity contribution >= 4 is 33.7 Å². The van der Waals surface area contributed by atoms with E-state index in [0.717, 1.165) is 19.6 Å². The highest BCUT2D eigenvalue weighted by Crippen LogP contribution is 2.34. The molecule has 1 aromatic carbocycles. The molecule has 1 fully saturated rings. The summed E-state index contributed by atoms with van der Waals surface area (Å²) in [6.07, 6.45) is -0.865. The molecule has 0 spiro atoms. The van der Waals surface area contributed by atoms with E-state index in [1.54, 1.807) is 18.2 Å². The maximum absolute atomic E-state index is 14.5. The molecule has 1 saturated heterocycles. The van der Waals surface area contributed by atoms with Gasteiger partial charge in [0, 0.05) is 45.5 Å². The summed E-state index contributed by atoms with van der Waals surface area (Å²) in [6, 6.07) is 6.13. The number of carbonyl (C=O) groups is 1. The molecule has 9 nitrogen and oxygen atoms in total. The second kappa shape index (κ2) is 11.8. The number of amides is 1. The van der Waals surface area contributed by atoms with Crippen LogP contribution in [0.15, 0.2) is 39.4 Å². The van der Waals surface area contributed by atoms with Crippen molar-refractivity contribution in [3.63, 3.8) is 0 Å². The van der Waals surface area contributed by atoms with Crippen LogP contribution < -0.4 is 9.80 Å². The van der Waals surface area contributed by atoms with Gasteiger partial charge in [-0.05, 0) is 34.1 Å². The summed E-state index contributed by atoms with van der Waals surface area (Å²) in [5.41, 5.74) is 1.91. The maximum Gasteiger partial charge on any atom is 0.314 e. The van der Waals surface area contributed by atoms with Gasteiger partial charge in [-0.1, -0.05) is 0 Å². The number of halogens is 4. The predicted octanol–water partition coefficient (Wildman–Crippen LogP) is 3.90. The van der Waals surface area contributed by atoms with Gasteiger partial charge >= 0.3 is 6.43 Å². The summed E-state index contributed by atoms with van der Waals surface area (Å²) in [6.45, 7) is 4.60. The zero-order valence-electron chi connectivity index (χ0n) is 19.4. The van der Waals surface area contributed by atoms with Crippen molar-refractivity contribution in [1.82, 2.24) is 20.1 Å². The Labute approximate surface area is 214 Å². The number of anilines is 2. The van der Waals surface area contributed by atoms with Gasteiger partial charge in [0.15, 0.2) is 0 Å². The van der Waals surface area contributed by atoms with Crippen LogP contribution in [0.3, 0.4) is 0 Å². The zero-order valence-corrected chi connectivity index (χ0v) is 21.0. The highest BCUT2D eigenvalue weighted by Gasteiger charge is 2.20. The fourth-order valence-corrected chi connectivity index (χ4v) is 4.07. The first kappa shape index (κ1) is 26.0. The summed E-state index contributed by atoms with van der Waals surface area (Å²) in [4.78, 5) is 22.0. The van der Waals surface area contributed by atoms with E-state index in [-0.39, 0.29) is 16.9 Å². The van der Waals surface area contributed by atoms with Crippen LogP contribution in [0.4, 0.5) is 24.5 Å². The lowest BCUT2D eigenvalue weighted by Crippen LogP contribution is -2.41. The number of hydrogen-bond acceptors (Lipinski definition) is 8. The van der Waals surface area contributed by atoms with Gasteiger partial charge in [-0.3, -0.25) is 14.7 Å². The van der Waals surface area contributed by atoms with Crippen LogP contribution in [0, 0.1) is 5.82 Å². The van der Waals surface area contributed by atoms with Crippen LogP contribution in [0.5, 0.6) is 0 Å². The molecule has 0 atom stereocenters. The zero-order chi connectivity index (χ0) is 25.7. The van der Waals surface area contributed by atoms with Crippen molar-refractivity contribution < 1.29 is 27.1 Å². The third-order valence-electron chi connectivity index (χ3n) is 5.75. The molecule has 4 rings (SSSR count). The van der Waals surface area contributed by atoms with Crippen LogP contribution in [0.1, 0.15) is 18.0 Å². The molecule has 1 aliphatic rings. The average molecular weight is 569 g/mol. The minimum atomic E-state index is -2.87. The number of aromatic nitrogens is 3. The predicted molar refractivity (Wildman–Crippen MR) is 129 cm³/mol.